The van der Waals surface area contributed by atoms with E-state index in [1.807, 2.05) is 0 Å². The molecule has 1 aliphatic carbocycles. The van der Waals surface area contributed by atoms with E-state index in [0.29, 0.717) is 12.6 Å². The standard InChI is InChI=1S/C19H32N4O/c1-6-20-19(22-13-17(23(3)4)15-9-10-15)21-12-16-8-7-14(2)11-18(16)24-5/h7-8,11,15,17H,6,9-10,12-13H2,1-5H3,(H2,20,21,22). The zero-order chi connectivity index (χ0) is 17.5. The van der Waals surface area contributed by atoms with Crippen LogP contribution in [0.3, 0.4) is 0 Å². The van der Waals surface area contributed by atoms with Crippen molar-refractivity contribution < 1.29 is 4.74 Å². The highest BCUT2D eigenvalue weighted by Gasteiger charge is 2.32. The summed E-state index contributed by atoms with van der Waals surface area (Å²) >= 11 is 0. The van der Waals surface area contributed by atoms with Crippen molar-refractivity contribution >= 4 is 5.96 Å². The first-order valence-corrected chi connectivity index (χ1v) is 8.87. The number of nitrogens with one attached hydrogen (secondary N) is 2. The first-order chi connectivity index (χ1) is 11.5. The summed E-state index contributed by atoms with van der Waals surface area (Å²) in [4.78, 5) is 7.05. The molecule has 1 aromatic rings. The molecular weight excluding hydrogens is 300 g/mol. The maximum atomic E-state index is 5.47. The number of rotatable bonds is 8. The van der Waals surface area contributed by atoms with Crippen molar-refractivity contribution in [1.29, 1.82) is 0 Å². The Morgan fingerprint density at radius 3 is 2.67 bits per heavy atom. The Balaban J connectivity index is 1.99. The van der Waals surface area contributed by atoms with Crippen LogP contribution in [-0.4, -0.2) is 51.2 Å². The average Bonchev–Trinajstić information content (AvgIpc) is 3.38. The van der Waals surface area contributed by atoms with Crippen molar-refractivity contribution in [3.8, 4) is 5.75 Å². The fourth-order valence-electron chi connectivity index (χ4n) is 2.94. The first kappa shape index (κ1) is 18.6. The Morgan fingerprint density at radius 2 is 2.08 bits per heavy atom. The van der Waals surface area contributed by atoms with Crippen molar-refractivity contribution in [2.75, 3.05) is 34.3 Å². The summed E-state index contributed by atoms with van der Waals surface area (Å²) in [6, 6.07) is 6.82. The van der Waals surface area contributed by atoms with Crippen molar-refractivity contribution in [2.45, 2.75) is 39.3 Å². The lowest BCUT2D eigenvalue weighted by molar-refractivity contribution is 0.264. The van der Waals surface area contributed by atoms with Gasteiger partial charge in [0, 0.05) is 24.7 Å². The third-order valence-corrected chi connectivity index (χ3v) is 4.50. The minimum Gasteiger partial charge on any atom is -0.496 e. The summed E-state index contributed by atoms with van der Waals surface area (Å²) in [6.45, 7) is 6.55. The van der Waals surface area contributed by atoms with Gasteiger partial charge in [-0.3, -0.25) is 0 Å². The van der Waals surface area contributed by atoms with E-state index >= 15 is 0 Å². The minimum absolute atomic E-state index is 0.572. The molecule has 0 heterocycles. The molecule has 0 radical (unpaired) electrons. The van der Waals surface area contributed by atoms with Crippen molar-refractivity contribution in [3.63, 3.8) is 0 Å². The van der Waals surface area contributed by atoms with Gasteiger partial charge in [-0.1, -0.05) is 12.1 Å². The number of guanidine groups is 1. The van der Waals surface area contributed by atoms with E-state index in [0.717, 1.165) is 36.3 Å². The second kappa shape index (κ2) is 8.92. The molecule has 0 saturated heterocycles. The molecule has 0 bridgehead atoms. The summed E-state index contributed by atoms with van der Waals surface area (Å²) in [7, 11) is 6.03. The number of aryl methyl sites for hydroxylation is 1. The SMILES string of the molecule is CCNC(=NCc1ccc(C)cc1OC)NCC(C1CC1)N(C)C. The number of nitrogens with zero attached hydrogens (tertiary/aromatic N) is 2. The second-order valence-electron chi connectivity index (χ2n) is 6.76. The number of hydrogen-bond acceptors (Lipinski definition) is 3. The highest BCUT2D eigenvalue weighted by Crippen LogP contribution is 2.34. The summed E-state index contributed by atoms with van der Waals surface area (Å²) in [5.41, 5.74) is 2.30. The molecule has 2 rings (SSSR count). The van der Waals surface area contributed by atoms with Crippen LogP contribution in [-0.2, 0) is 6.54 Å². The Hall–Kier alpha value is -1.75. The van der Waals surface area contributed by atoms with Gasteiger partial charge in [0.25, 0.3) is 0 Å². The van der Waals surface area contributed by atoms with E-state index in [9.17, 15) is 0 Å². The summed E-state index contributed by atoms with van der Waals surface area (Å²) in [6.07, 6.45) is 2.69. The zero-order valence-corrected chi connectivity index (χ0v) is 15.7. The van der Waals surface area contributed by atoms with Crippen LogP contribution < -0.4 is 15.4 Å². The molecule has 24 heavy (non-hydrogen) atoms. The predicted molar refractivity (Wildman–Crippen MR) is 101 cm³/mol. The molecular formula is C19H32N4O. The lowest BCUT2D eigenvalue weighted by atomic mass is 10.1. The highest BCUT2D eigenvalue weighted by atomic mass is 16.5. The smallest absolute Gasteiger partial charge is 0.191 e. The van der Waals surface area contributed by atoms with Gasteiger partial charge in [-0.25, -0.2) is 4.99 Å². The van der Waals surface area contributed by atoms with Crippen LogP contribution in [0.15, 0.2) is 23.2 Å². The van der Waals surface area contributed by atoms with E-state index in [-0.39, 0.29) is 0 Å². The van der Waals surface area contributed by atoms with Crippen LogP contribution in [0.1, 0.15) is 30.9 Å². The van der Waals surface area contributed by atoms with E-state index < -0.39 is 0 Å². The van der Waals surface area contributed by atoms with Gasteiger partial charge in [0.2, 0.25) is 0 Å². The molecule has 0 aliphatic heterocycles. The van der Waals surface area contributed by atoms with Crippen molar-refractivity contribution in [2.24, 2.45) is 10.9 Å². The summed E-state index contributed by atoms with van der Waals surface area (Å²) in [5, 5.41) is 6.83. The molecule has 1 saturated carbocycles. The van der Waals surface area contributed by atoms with Crippen molar-refractivity contribution in [1.82, 2.24) is 15.5 Å². The van der Waals surface area contributed by atoms with E-state index in [1.165, 1.54) is 18.4 Å². The Kier molecular flexibility index (Phi) is 6.91. The Labute approximate surface area is 146 Å². The quantitative estimate of drug-likeness (QED) is 0.567. The van der Waals surface area contributed by atoms with Gasteiger partial charge >= 0.3 is 0 Å². The van der Waals surface area contributed by atoms with Gasteiger partial charge < -0.3 is 20.3 Å². The summed E-state index contributed by atoms with van der Waals surface area (Å²) < 4.78 is 5.47. The van der Waals surface area contributed by atoms with Crippen LogP contribution in [0, 0.1) is 12.8 Å². The zero-order valence-electron chi connectivity index (χ0n) is 15.7. The van der Waals surface area contributed by atoms with Gasteiger partial charge in [0.05, 0.1) is 13.7 Å². The van der Waals surface area contributed by atoms with Crippen molar-refractivity contribution in [3.05, 3.63) is 29.3 Å². The number of ether oxygens (including phenoxy) is 1. The molecule has 1 atom stereocenters. The molecule has 134 valence electrons. The number of benzene rings is 1. The van der Waals surface area contributed by atoms with Gasteiger partial charge in [-0.15, -0.1) is 0 Å². The molecule has 1 aliphatic rings. The Bertz CT molecular complexity index is 550. The van der Waals surface area contributed by atoms with Crippen LogP contribution in [0.2, 0.25) is 0 Å². The van der Waals surface area contributed by atoms with Crippen LogP contribution >= 0.6 is 0 Å². The number of methoxy groups -OCH3 is 1. The third-order valence-electron chi connectivity index (χ3n) is 4.50. The highest BCUT2D eigenvalue weighted by molar-refractivity contribution is 5.79. The lowest BCUT2D eigenvalue weighted by Crippen LogP contribution is -2.46. The second-order valence-corrected chi connectivity index (χ2v) is 6.76. The molecule has 0 aromatic heterocycles. The van der Waals surface area contributed by atoms with Crippen LogP contribution in [0.5, 0.6) is 5.75 Å². The molecule has 0 amide bonds. The number of aliphatic imine (C=N–C) groups is 1. The molecule has 1 fully saturated rings. The maximum Gasteiger partial charge on any atom is 0.191 e. The molecule has 1 unspecified atom stereocenters. The fraction of sp³-hybridized carbons (Fsp3) is 0.632. The molecule has 2 N–H and O–H groups in total. The van der Waals surface area contributed by atoms with Gasteiger partial charge in [0.1, 0.15) is 5.75 Å². The summed E-state index contributed by atoms with van der Waals surface area (Å²) in [5.74, 6) is 2.60. The average molecular weight is 332 g/mol. The molecule has 0 spiro atoms. The topological polar surface area (TPSA) is 48.9 Å². The van der Waals surface area contributed by atoms with Crippen LogP contribution in [0.25, 0.3) is 0 Å². The van der Waals surface area contributed by atoms with Crippen LogP contribution in [0.4, 0.5) is 0 Å². The molecule has 5 nitrogen and oxygen atoms in total. The predicted octanol–water partition coefficient (Wildman–Crippen LogP) is 2.40. The molecule has 1 aromatic carbocycles. The van der Waals surface area contributed by atoms with Gasteiger partial charge in [-0.05, 0) is 58.3 Å². The van der Waals surface area contributed by atoms with Gasteiger partial charge in [-0.2, -0.15) is 0 Å². The van der Waals surface area contributed by atoms with E-state index in [1.54, 1.807) is 7.11 Å². The monoisotopic (exact) mass is 332 g/mol. The van der Waals surface area contributed by atoms with Gasteiger partial charge in [0.15, 0.2) is 5.96 Å². The first-order valence-electron chi connectivity index (χ1n) is 8.87. The van der Waals surface area contributed by atoms with E-state index in [4.69, 9.17) is 9.73 Å². The maximum absolute atomic E-state index is 5.47. The normalized spacial score (nSPS) is 16.2. The third kappa shape index (κ3) is 5.41. The lowest BCUT2D eigenvalue weighted by Gasteiger charge is -2.25. The largest absolute Gasteiger partial charge is 0.496 e. The molecule has 5 heteroatoms. The number of hydrogen-bond donors (Lipinski definition) is 2. The fourth-order valence-corrected chi connectivity index (χ4v) is 2.94. The van der Waals surface area contributed by atoms with E-state index in [2.05, 4.69) is 61.7 Å². The Morgan fingerprint density at radius 1 is 1.33 bits per heavy atom. The number of likely N-dealkylation sites (N-methyl/N-ethyl adjacent to an activating group) is 1. The minimum atomic E-state index is 0.572.